The molecule has 132 valence electrons. The zero-order chi connectivity index (χ0) is 18.3. The number of allylic oxidation sites excluding steroid dienone is 1. The van der Waals surface area contributed by atoms with Crippen LogP contribution in [-0.2, 0) is 4.79 Å². The quantitative estimate of drug-likeness (QED) is 0.651. The molecule has 2 aliphatic rings. The second kappa shape index (κ2) is 6.38. The number of benzene rings is 2. The molecule has 2 N–H and O–H groups in total. The molecule has 0 aliphatic carbocycles. The standard InChI is InChI=1S/C19H16ClN3O3/c1-11-6-13-7-16-17(26-10-25-16)8-15(13)19(22-23(11)18(24)9-20)12-2-4-14(21)5-3-12/h2-8H,9-10,21H2,1H3. The number of nitrogens with zero attached hydrogens (tertiary/aromatic N) is 2. The number of hydrogen-bond acceptors (Lipinski definition) is 5. The Balaban J connectivity index is 1.94. The lowest BCUT2D eigenvalue weighted by atomic mass is 9.96. The Bertz CT molecular complexity index is 951. The number of hydrazone groups is 1. The highest BCUT2D eigenvalue weighted by Gasteiger charge is 2.25. The summed E-state index contributed by atoms with van der Waals surface area (Å²) in [5.41, 5.74) is 10.3. The Morgan fingerprint density at radius 1 is 1.23 bits per heavy atom. The summed E-state index contributed by atoms with van der Waals surface area (Å²) in [6.45, 7) is 2.00. The van der Waals surface area contributed by atoms with Crippen LogP contribution >= 0.6 is 11.6 Å². The predicted octanol–water partition coefficient (Wildman–Crippen LogP) is 3.19. The lowest BCUT2D eigenvalue weighted by Crippen LogP contribution is -2.26. The summed E-state index contributed by atoms with van der Waals surface area (Å²) in [6, 6.07) is 11.1. The molecule has 1 amide bonds. The smallest absolute Gasteiger partial charge is 0.262 e. The van der Waals surface area contributed by atoms with Crippen LogP contribution in [0.2, 0.25) is 0 Å². The van der Waals surface area contributed by atoms with Crippen LogP contribution in [-0.4, -0.2) is 29.3 Å². The van der Waals surface area contributed by atoms with Gasteiger partial charge in [-0.1, -0.05) is 12.1 Å². The van der Waals surface area contributed by atoms with Crippen LogP contribution < -0.4 is 15.2 Å². The van der Waals surface area contributed by atoms with Crippen LogP contribution in [0.4, 0.5) is 5.69 Å². The summed E-state index contributed by atoms with van der Waals surface area (Å²) >= 11 is 5.77. The number of alkyl halides is 1. The van der Waals surface area contributed by atoms with E-state index in [1.807, 2.05) is 37.3 Å². The number of anilines is 1. The van der Waals surface area contributed by atoms with Gasteiger partial charge in [-0.05, 0) is 42.8 Å². The number of rotatable bonds is 2. The fourth-order valence-electron chi connectivity index (χ4n) is 2.96. The van der Waals surface area contributed by atoms with Gasteiger partial charge in [0.15, 0.2) is 11.5 Å². The molecule has 2 aliphatic heterocycles. The number of hydrogen-bond donors (Lipinski definition) is 1. The van der Waals surface area contributed by atoms with Gasteiger partial charge in [0.2, 0.25) is 6.79 Å². The largest absolute Gasteiger partial charge is 0.454 e. The van der Waals surface area contributed by atoms with Crippen LogP contribution in [0.3, 0.4) is 0 Å². The van der Waals surface area contributed by atoms with E-state index >= 15 is 0 Å². The van der Waals surface area contributed by atoms with Gasteiger partial charge in [-0.15, -0.1) is 11.6 Å². The third-order valence-electron chi connectivity index (χ3n) is 4.23. The van der Waals surface area contributed by atoms with Crippen LogP contribution in [0.1, 0.15) is 23.6 Å². The number of nitrogens with two attached hydrogens (primary N) is 1. The topological polar surface area (TPSA) is 77.2 Å². The first-order chi connectivity index (χ1) is 12.6. The fourth-order valence-corrected chi connectivity index (χ4v) is 3.08. The van der Waals surface area contributed by atoms with Gasteiger partial charge in [0.25, 0.3) is 5.91 Å². The average Bonchev–Trinajstić information content (AvgIpc) is 3.04. The first kappa shape index (κ1) is 16.5. The van der Waals surface area contributed by atoms with Gasteiger partial charge in [0.05, 0.1) is 5.71 Å². The van der Waals surface area contributed by atoms with Gasteiger partial charge in [-0.3, -0.25) is 4.79 Å². The van der Waals surface area contributed by atoms with Crippen molar-refractivity contribution in [2.75, 3.05) is 18.4 Å². The van der Waals surface area contributed by atoms with E-state index in [-0.39, 0.29) is 18.6 Å². The van der Waals surface area contributed by atoms with Crippen LogP contribution in [0.5, 0.6) is 11.5 Å². The lowest BCUT2D eigenvalue weighted by molar-refractivity contribution is -0.126. The second-order valence-corrected chi connectivity index (χ2v) is 6.26. The maximum Gasteiger partial charge on any atom is 0.262 e. The Morgan fingerprint density at radius 2 is 1.92 bits per heavy atom. The highest BCUT2D eigenvalue weighted by Crippen LogP contribution is 2.38. The van der Waals surface area contributed by atoms with Crippen molar-refractivity contribution in [2.24, 2.45) is 5.10 Å². The van der Waals surface area contributed by atoms with E-state index in [4.69, 9.17) is 26.8 Å². The summed E-state index contributed by atoms with van der Waals surface area (Å²) in [5.74, 6) is 0.848. The third kappa shape index (κ3) is 2.78. The molecule has 4 rings (SSSR count). The lowest BCUT2D eigenvalue weighted by Gasteiger charge is -2.17. The van der Waals surface area contributed by atoms with Crippen LogP contribution in [0.15, 0.2) is 47.2 Å². The van der Waals surface area contributed by atoms with Crippen molar-refractivity contribution in [1.29, 1.82) is 0 Å². The molecule has 26 heavy (non-hydrogen) atoms. The number of nitrogen functional groups attached to an aromatic ring is 1. The van der Waals surface area contributed by atoms with E-state index < -0.39 is 0 Å². The summed E-state index contributed by atoms with van der Waals surface area (Å²) in [6.07, 6.45) is 1.88. The van der Waals surface area contributed by atoms with E-state index in [0.717, 1.165) is 16.7 Å². The Morgan fingerprint density at radius 3 is 2.62 bits per heavy atom. The van der Waals surface area contributed by atoms with Crippen molar-refractivity contribution >= 4 is 35.0 Å². The van der Waals surface area contributed by atoms with Crippen molar-refractivity contribution in [1.82, 2.24) is 5.01 Å². The highest BCUT2D eigenvalue weighted by molar-refractivity contribution is 6.27. The molecular formula is C19H16ClN3O3. The van der Waals surface area contributed by atoms with E-state index in [0.29, 0.717) is 28.6 Å². The molecule has 0 unspecified atom stereocenters. The summed E-state index contributed by atoms with van der Waals surface area (Å²) in [5, 5.41) is 5.93. The number of ether oxygens (including phenoxy) is 2. The summed E-state index contributed by atoms with van der Waals surface area (Å²) in [4.78, 5) is 12.3. The van der Waals surface area contributed by atoms with E-state index in [1.54, 1.807) is 12.1 Å². The van der Waals surface area contributed by atoms with Crippen molar-refractivity contribution < 1.29 is 14.3 Å². The molecule has 0 saturated heterocycles. The zero-order valence-corrected chi connectivity index (χ0v) is 14.8. The summed E-state index contributed by atoms with van der Waals surface area (Å²) < 4.78 is 11.0. The van der Waals surface area contributed by atoms with Gasteiger partial charge in [0.1, 0.15) is 5.88 Å². The molecule has 0 radical (unpaired) electrons. The number of amides is 1. The molecule has 0 aromatic heterocycles. The Hall–Kier alpha value is -2.99. The normalized spacial score (nSPS) is 15.1. The molecule has 0 atom stereocenters. The van der Waals surface area contributed by atoms with Crippen LogP contribution in [0, 0.1) is 0 Å². The van der Waals surface area contributed by atoms with Crippen molar-refractivity contribution in [2.45, 2.75) is 6.92 Å². The number of halogens is 1. The Kier molecular flexibility index (Phi) is 4.05. The number of carbonyl (C=O) groups is 1. The molecule has 0 saturated carbocycles. The minimum atomic E-state index is -0.304. The minimum Gasteiger partial charge on any atom is -0.454 e. The van der Waals surface area contributed by atoms with Gasteiger partial charge >= 0.3 is 0 Å². The molecule has 2 aromatic carbocycles. The second-order valence-electron chi connectivity index (χ2n) is 5.99. The van der Waals surface area contributed by atoms with Gasteiger partial charge in [-0.2, -0.15) is 5.10 Å². The molecule has 6 nitrogen and oxygen atoms in total. The molecule has 2 aromatic rings. The highest BCUT2D eigenvalue weighted by atomic mass is 35.5. The molecule has 2 heterocycles. The monoisotopic (exact) mass is 369 g/mol. The van der Waals surface area contributed by atoms with Crippen molar-refractivity contribution in [3.05, 3.63) is 58.8 Å². The van der Waals surface area contributed by atoms with Crippen molar-refractivity contribution in [3.8, 4) is 11.5 Å². The molecule has 7 heteroatoms. The molecule has 0 spiro atoms. The number of fused-ring (bicyclic) bond motifs is 2. The van der Waals surface area contributed by atoms with Crippen molar-refractivity contribution in [3.63, 3.8) is 0 Å². The zero-order valence-electron chi connectivity index (χ0n) is 14.0. The Labute approximate surface area is 155 Å². The maximum atomic E-state index is 12.3. The van der Waals surface area contributed by atoms with Gasteiger partial charge in [0, 0.05) is 22.5 Å². The molecule has 0 fully saturated rings. The van der Waals surface area contributed by atoms with Gasteiger partial charge < -0.3 is 15.2 Å². The minimum absolute atomic E-state index is 0.164. The van der Waals surface area contributed by atoms with E-state index in [9.17, 15) is 4.79 Å². The van der Waals surface area contributed by atoms with E-state index in [1.165, 1.54) is 5.01 Å². The van der Waals surface area contributed by atoms with Gasteiger partial charge in [-0.25, -0.2) is 5.01 Å². The van der Waals surface area contributed by atoms with E-state index in [2.05, 4.69) is 5.10 Å². The maximum absolute atomic E-state index is 12.3. The first-order valence-corrected chi connectivity index (χ1v) is 8.56. The molecule has 0 bridgehead atoms. The average molecular weight is 370 g/mol. The fraction of sp³-hybridized carbons (Fsp3) is 0.158. The predicted molar refractivity (Wildman–Crippen MR) is 100 cm³/mol. The molecular weight excluding hydrogens is 354 g/mol. The van der Waals surface area contributed by atoms with Crippen LogP contribution in [0.25, 0.3) is 6.08 Å². The summed E-state index contributed by atoms with van der Waals surface area (Å²) in [7, 11) is 0. The number of carbonyl (C=O) groups excluding carboxylic acids is 1. The SMILES string of the molecule is CC1=Cc2cc3c(cc2C(c2ccc(N)cc2)=NN1C(=O)CCl)OCO3. The first-order valence-electron chi connectivity index (χ1n) is 8.02. The third-order valence-corrected chi connectivity index (χ3v) is 4.46.